The van der Waals surface area contributed by atoms with E-state index in [9.17, 15) is 4.79 Å². The van der Waals surface area contributed by atoms with Crippen LogP contribution in [0, 0.1) is 0 Å². The minimum atomic E-state index is -0.486. The third kappa shape index (κ3) is 10.3. The molecule has 28 heavy (non-hydrogen) atoms. The summed E-state index contributed by atoms with van der Waals surface area (Å²) in [7, 11) is 0. The monoisotopic (exact) mass is 392 g/mol. The van der Waals surface area contributed by atoms with Crippen molar-refractivity contribution >= 4 is 6.09 Å². The van der Waals surface area contributed by atoms with Gasteiger partial charge in [0.2, 0.25) is 5.89 Å². The quantitative estimate of drug-likeness (QED) is 0.421. The van der Waals surface area contributed by atoms with Crippen molar-refractivity contribution in [2.75, 3.05) is 6.54 Å². The highest BCUT2D eigenvalue weighted by Crippen LogP contribution is 2.16. The predicted molar refractivity (Wildman–Crippen MR) is 111 cm³/mol. The Morgan fingerprint density at radius 3 is 2.68 bits per heavy atom. The zero-order valence-electron chi connectivity index (χ0n) is 18.0. The molecule has 0 spiro atoms. The summed E-state index contributed by atoms with van der Waals surface area (Å²) in [6.45, 7) is 10.3. The van der Waals surface area contributed by atoms with Crippen molar-refractivity contribution in [3.63, 3.8) is 0 Å². The van der Waals surface area contributed by atoms with E-state index in [1.165, 1.54) is 5.57 Å². The molecule has 1 aromatic rings. The van der Waals surface area contributed by atoms with Crippen molar-refractivity contribution in [3.05, 3.63) is 35.5 Å². The van der Waals surface area contributed by atoms with Gasteiger partial charge in [-0.1, -0.05) is 37.2 Å². The molecule has 7 nitrogen and oxygen atoms in total. The second-order valence-electron chi connectivity index (χ2n) is 7.75. The number of nitrogens with one attached hydrogen (secondary N) is 1. The fourth-order valence-electron chi connectivity index (χ4n) is 2.52. The molecule has 0 aromatic carbocycles. The molecule has 7 heteroatoms. The number of amides is 1. The van der Waals surface area contributed by atoms with E-state index in [2.05, 4.69) is 47.5 Å². The van der Waals surface area contributed by atoms with Gasteiger partial charge in [0.05, 0.1) is 6.04 Å². The van der Waals surface area contributed by atoms with Crippen LogP contribution in [0.5, 0.6) is 0 Å². The van der Waals surface area contributed by atoms with E-state index in [1.54, 1.807) is 0 Å². The molecular formula is C21H36N4O3. The first kappa shape index (κ1) is 23.9. The first-order valence-corrected chi connectivity index (χ1v) is 10.2. The molecule has 0 saturated heterocycles. The number of alkyl carbamates (subject to hydrolysis) is 1. The van der Waals surface area contributed by atoms with Crippen LogP contribution in [0.1, 0.15) is 84.5 Å². The Hall–Kier alpha value is -2.15. The molecule has 0 saturated carbocycles. The number of hydrogen-bond acceptors (Lipinski definition) is 6. The number of allylic oxidation sites excluding steroid dienone is 4. The standard InChI is InChI=1S/C21H36N4O3/c1-6-8-12-16(11-7-2)15-18-24-19(28-25-18)17(22)13-9-10-14-23-20(26)27-21(3,4)5/h8,11-12,17H,6-7,9-10,13-15,22H2,1-5H3,(H,23,26)/b12-8-,16-11+. The molecule has 1 atom stereocenters. The average molecular weight is 393 g/mol. The zero-order chi connectivity index (χ0) is 21.0. The van der Waals surface area contributed by atoms with E-state index in [0.29, 0.717) is 31.1 Å². The SMILES string of the molecule is CC/C=C\C(=C/CC)Cc1noc(C(N)CCCCNC(=O)OC(C)(C)C)n1. The lowest BCUT2D eigenvalue weighted by atomic mass is 10.1. The molecule has 158 valence electrons. The summed E-state index contributed by atoms with van der Waals surface area (Å²) < 4.78 is 10.5. The van der Waals surface area contributed by atoms with Crippen LogP contribution in [-0.4, -0.2) is 28.4 Å². The summed E-state index contributed by atoms with van der Waals surface area (Å²) >= 11 is 0. The van der Waals surface area contributed by atoms with Crippen molar-refractivity contribution in [3.8, 4) is 0 Å². The first-order chi connectivity index (χ1) is 13.2. The Labute approximate surface area is 168 Å². The molecule has 1 unspecified atom stereocenters. The molecule has 1 amide bonds. The van der Waals surface area contributed by atoms with E-state index >= 15 is 0 Å². The van der Waals surface area contributed by atoms with Gasteiger partial charge in [0, 0.05) is 13.0 Å². The topological polar surface area (TPSA) is 103 Å². The molecule has 1 rings (SSSR count). The van der Waals surface area contributed by atoms with Crippen LogP contribution in [-0.2, 0) is 11.2 Å². The van der Waals surface area contributed by atoms with Crippen LogP contribution < -0.4 is 11.1 Å². The van der Waals surface area contributed by atoms with E-state index in [4.69, 9.17) is 15.0 Å². The Balaban J connectivity index is 2.38. The summed E-state index contributed by atoms with van der Waals surface area (Å²) in [5.41, 5.74) is 6.86. The number of unbranched alkanes of at least 4 members (excludes halogenated alkanes) is 1. The summed E-state index contributed by atoms with van der Waals surface area (Å²) in [5.74, 6) is 1.11. The maximum atomic E-state index is 11.6. The lowest BCUT2D eigenvalue weighted by Crippen LogP contribution is -2.33. The maximum absolute atomic E-state index is 11.6. The molecule has 0 bridgehead atoms. The number of hydrogen-bond donors (Lipinski definition) is 2. The van der Waals surface area contributed by atoms with Gasteiger partial charge in [-0.2, -0.15) is 4.98 Å². The van der Waals surface area contributed by atoms with Crippen LogP contribution in [0.4, 0.5) is 4.79 Å². The average Bonchev–Trinajstić information content (AvgIpc) is 3.06. The number of ether oxygens (including phenoxy) is 1. The fourth-order valence-corrected chi connectivity index (χ4v) is 2.52. The van der Waals surface area contributed by atoms with E-state index < -0.39 is 11.7 Å². The minimum Gasteiger partial charge on any atom is -0.444 e. The minimum absolute atomic E-state index is 0.299. The van der Waals surface area contributed by atoms with Crippen molar-refractivity contribution < 1.29 is 14.1 Å². The fraction of sp³-hybridized carbons (Fsp3) is 0.667. The lowest BCUT2D eigenvalue weighted by molar-refractivity contribution is 0.0527. The van der Waals surface area contributed by atoms with Gasteiger partial charge in [-0.3, -0.25) is 0 Å². The summed E-state index contributed by atoms with van der Waals surface area (Å²) in [6.07, 6.45) is 11.0. The van der Waals surface area contributed by atoms with E-state index in [1.807, 2.05) is 20.8 Å². The van der Waals surface area contributed by atoms with Gasteiger partial charge in [-0.25, -0.2) is 4.79 Å². The van der Waals surface area contributed by atoms with E-state index in [0.717, 1.165) is 25.7 Å². The number of nitrogens with zero attached hydrogens (tertiary/aromatic N) is 2. The van der Waals surface area contributed by atoms with Gasteiger partial charge in [0.15, 0.2) is 5.82 Å². The molecule has 0 fully saturated rings. The van der Waals surface area contributed by atoms with Crippen LogP contribution in [0.3, 0.4) is 0 Å². The summed E-state index contributed by atoms with van der Waals surface area (Å²) in [4.78, 5) is 16.0. The van der Waals surface area contributed by atoms with Gasteiger partial charge in [0.1, 0.15) is 5.60 Å². The molecular weight excluding hydrogens is 356 g/mol. The number of carbonyl (C=O) groups is 1. The van der Waals surface area contributed by atoms with Gasteiger partial charge in [0.25, 0.3) is 0 Å². The molecule has 0 aliphatic heterocycles. The number of carbonyl (C=O) groups excluding carboxylic acids is 1. The normalized spacial score (nSPS) is 13.7. The van der Waals surface area contributed by atoms with Crippen molar-refractivity contribution in [2.45, 2.75) is 84.8 Å². The maximum Gasteiger partial charge on any atom is 0.407 e. The van der Waals surface area contributed by atoms with Crippen molar-refractivity contribution in [1.82, 2.24) is 15.5 Å². The van der Waals surface area contributed by atoms with Crippen molar-refractivity contribution in [1.29, 1.82) is 0 Å². The second kappa shape index (κ2) is 12.3. The number of aromatic nitrogens is 2. The Bertz CT molecular complexity index is 644. The summed E-state index contributed by atoms with van der Waals surface area (Å²) in [5, 5.41) is 6.80. The van der Waals surface area contributed by atoms with Gasteiger partial charge in [-0.05, 0) is 58.4 Å². The van der Waals surface area contributed by atoms with Gasteiger partial charge in [-0.15, -0.1) is 0 Å². The molecule has 1 heterocycles. The smallest absolute Gasteiger partial charge is 0.407 e. The highest BCUT2D eigenvalue weighted by atomic mass is 16.6. The third-order valence-electron chi connectivity index (χ3n) is 3.81. The third-order valence-corrected chi connectivity index (χ3v) is 3.81. The highest BCUT2D eigenvalue weighted by molar-refractivity contribution is 5.67. The molecule has 0 aliphatic carbocycles. The van der Waals surface area contributed by atoms with Gasteiger partial charge >= 0.3 is 6.09 Å². The van der Waals surface area contributed by atoms with Crippen LogP contribution in [0.15, 0.2) is 28.3 Å². The molecule has 3 N–H and O–H groups in total. The first-order valence-electron chi connectivity index (χ1n) is 10.2. The Morgan fingerprint density at radius 2 is 2.04 bits per heavy atom. The predicted octanol–water partition coefficient (Wildman–Crippen LogP) is 4.61. The summed E-state index contributed by atoms with van der Waals surface area (Å²) in [6, 6.07) is -0.299. The number of nitrogens with two attached hydrogens (primary N) is 1. The highest BCUT2D eigenvalue weighted by Gasteiger charge is 2.16. The molecule has 0 aliphatic rings. The van der Waals surface area contributed by atoms with Crippen molar-refractivity contribution in [2.24, 2.45) is 5.73 Å². The molecule has 1 aromatic heterocycles. The Kier molecular flexibility index (Phi) is 10.5. The largest absolute Gasteiger partial charge is 0.444 e. The van der Waals surface area contributed by atoms with Crippen LogP contribution in [0.2, 0.25) is 0 Å². The lowest BCUT2D eigenvalue weighted by Gasteiger charge is -2.19. The molecule has 0 radical (unpaired) electrons. The number of rotatable bonds is 11. The Morgan fingerprint density at radius 1 is 1.29 bits per heavy atom. The van der Waals surface area contributed by atoms with Gasteiger partial charge < -0.3 is 20.3 Å². The van der Waals surface area contributed by atoms with Crippen LogP contribution in [0.25, 0.3) is 0 Å². The second-order valence-corrected chi connectivity index (χ2v) is 7.75. The van der Waals surface area contributed by atoms with E-state index in [-0.39, 0.29) is 6.04 Å². The van der Waals surface area contributed by atoms with Crippen LogP contribution >= 0.6 is 0 Å². The zero-order valence-corrected chi connectivity index (χ0v) is 18.0.